The predicted octanol–water partition coefficient (Wildman–Crippen LogP) is 4.84. The van der Waals surface area contributed by atoms with Gasteiger partial charge < -0.3 is 40.8 Å². The predicted molar refractivity (Wildman–Crippen MR) is 198 cm³/mol. The van der Waals surface area contributed by atoms with Crippen LogP contribution in [0.3, 0.4) is 0 Å². The number of nitrogens with one attached hydrogen (secondary N) is 3. The van der Waals surface area contributed by atoms with Crippen LogP contribution >= 0.6 is 23.7 Å². The molecule has 0 aliphatic carbocycles. The number of ether oxygens (including phenoxy) is 3. The summed E-state index contributed by atoms with van der Waals surface area (Å²) in [6.07, 6.45) is 1.75. The van der Waals surface area contributed by atoms with Gasteiger partial charge in [0.25, 0.3) is 11.8 Å². The van der Waals surface area contributed by atoms with Crippen LogP contribution in [-0.4, -0.2) is 73.4 Å². The van der Waals surface area contributed by atoms with Crippen LogP contribution in [-0.2, 0) is 16.1 Å². The summed E-state index contributed by atoms with van der Waals surface area (Å²) < 4.78 is 17.4. The number of hydrogen-bond donors (Lipinski definition) is 4. The van der Waals surface area contributed by atoms with Gasteiger partial charge in [0.05, 0.1) is 38.9 Å². The molecule has 4 amide bonds. The van der Waals surface area contributed by atoms with Crippen molar-refractivity contribution in [2.24, 2.45) is 17.6 Å². The average Bonchev–Trinajstić information content (AvgIpc) is 3.58. The van der Waals surface area contributed by atoms with E-state index < -0.39 is 23.8 Å². The van der Waals surface area contributed by atoms with Crippen LogP contribution < -0.4 is 35.9 Å². The number of aromatic nitrogens is 1. The molecule has 0 spiro atoms. The van der Waals surface area contributed by atoms with Crippen LogP contribution in [0, 0.1) is 11.8 Å². The fourth-order valence-electron chi connectivity index (χ4n) is 5.55. The smallest absolute Gasteiger partial charge is 0.273 e. The molecule has 2 heterocycles. The van der Waals surface area contributed by atoms with Gasteiger partial charge in [-0.1, -0.05) is 33.8 Å². The Balaban J connectivity index is 0.00000702. The second-order valence-corrected chi connectivity index (χ2v) is 13.8. The van der Waals surface area contributed by atoms with Crippen molar-refractivity contribution in [3.8, 4) is 23.0 Å². The van der Waals surface area contributed by atoms with Gasteiger partial charge in [-0.2, -0.15) is 0 Å². The Morgan fingerprint density at radius 2 is 1.78 bits per heavy atom. The van der Waals surface area contributed by atoms with E-state index in [0.29, 0.717) is 64.4 Å². The number of thiazole rings is 1. The molecule has 51 heavy (non-hydrogen) atoms. The molecule has 15 heteroatoms. The zero-order chi connectivity index (χ0) is 36.4. The molecule has 0 unspecified atom stereocenters. The van der Waals surface area contributed by atoms with Crippen molar-refractivity contribution >= 4 is 47.4 Å². The highest BCUT2D eigenvalue weighted by atomic mass is 35.5. The van der Waals surface area contributed by atoms with Crippen molar-refractivity contribution < 1.29 is 33.4 Å². The van der Waals surface area contributed by atoms with E-state index in [1.54, 1.807) is 41.8 Å². The summed E-state index contributed by atoms with van der Waals surface area (Å²) in [5.41, 5.74) is 7.43. The monoisotopic (exact) mass is 744 g/mol. The minimum Gasteiger partial charge on any atom is -0.496 e. The van der Waals surface area contributed by atoms with Gasteiger partial charge >= 0.3 is 0 Å². The number of hydrogen-bond acceptors (Lipinski definition) is 10. The normalized spacial score (nSPS) is 16.8. The van der Waals surface area contributed by atoms with E-state index in [1.807, 2.05) is 13.8 Å². The standard InChI is InChI=1S/C36H48N6O7S.ClH/c1-21(2)16-25(37)35-40-26(20-50-35)36(46)42-15-8-7-14-38-33(44)23-12-13-29(48-6)30(17-23)49-28-11-9-10-27(47-5)24(28)18-39-34(45)32(22(3)4)41-31(43)19-42;/h9-13,17,20-22,25,32H,7-8,14-16,18-19,37H2,1-6H3,(H,38,44)(H,39,45)(H,41,43);1H/t25-,32+;/m0./s1. The molecule has 0 fully saturated rings. The molecule has 3 aromatic rings. The SMILES string of the molecule is COc1ccc2cc1Oc1cccc(OC)c1CNC(=O)[C@@H](C(C)C)NC(=O)CN(C(=O)c1csc([C@@H](N)CC(C)C)n1)CCCCNC2=O.Cl. The van der Waals surface area contributed by atoms with Gasteiger partial charge in [0, 0.05) is 24.0 Å². The van der Waals surface area contributed by atoms with Crippen molar-refractivity contribution in [1.29, 1.82) is 0 Å². The number of benzene rings is 2. The molecule has 5 N–H and O–H groups in total. The number of rotatable bonds is 7. The highest BCUT2D eigenvalue weighted by Gasteiger charge is 2.28. The maximum absolute atomic E-state index is 13.7. The first-order valence-electron chi connectivity index (χ1n) is 16.8. The van der Waals surface area contributed by atoms with Gasteiger partial charge in [-0.15, -0.1) is 23.7 Å². The van der Waals surface area contributed by atoms with E-state index in [4.69, 9.17) is 19.9 Å². The Hall–Kier alpha value is -4.40. The van der Waals surface area contributed by atoms with Crippen LogP contribution in [0.1, 0.15) is 84.4 Å². The lowest BCUT2D eigenvalue weighted by molar-refractivity contribution is -0.130. The quantitative estimate of drug-likeness (QED) is 0.264. The fraction of sp³-hybridized carbons (Fsp3) is 0.472. The van der Waals surface area contributed by atoms with E-state index >= 15 is 0 Å². The van der Waals surface area contributed by atoms with E-state index in [1.165, 1.54) is 30.5 Å². The molecule has 0 radical (unpaired) electrons. The molecule has 1 aliphatic rings. The largest absolute Gasteiger partial charge is 0.496 e. The topological polar surface area (TPSA) is 174 Å². The zero-order valence-electron chi connectivity index (χ0n) is 29.9. The Kier molecular flexibility index (Phi) is 15.5. The number of amides is 4. The number of methoxy groups -OCH3 is 2. The Morgan fingerprint density at radius 1 is 1.04 bits per heavy atom. The fourth-order valence-corrected chi connectivity index (χ4v) is 6.35. The first-order valence-corrected chi connectivity index (χ1v) is 17.7. The summed E-state index contributed by atoms with van der Waals surface area (Å²) in [6, 6.07) is 8.90. The van der Waals surface area contributed by atoms with Gasteiger partial charge in [0.1, 0.15) is 28.2 Å². The van der Waals surface area contributed by atoms with Gasteiger partial charge in [-0.3, -0.25) is 19.2 Å². The number of nitrogens with two attached hydrogens (primary N) is 1. The Labute approximate surface area is 309 Å². The van der Waals surface area contributed by atoms with Gasteiger partial charge in [-0.05, 0) is 61.4 Å². The molecule has 2 atom stereocenters. The van der Waals surface area contributed by atoms with E-state index in [2.05, 4.69) is 34.8 Å². The minimum atomic E-state index is -0.893. The molecular weight excluding hydrogens is 696 g/mol. The molecule has 1 aliphatic heterocycles. The van der Waals surface area contributed by atoms with Gasteiger partial charge in [-0.25, -0.2) is 4.98 Å². The summed E-state index contributed by atoms with van der Waals surface area (Å²) in [7, 11) is 3.01. The Morgan fingerprint density at radius 3 is 2.47 bits per heavy atom. The van der Waals surface area contributed by atoms with E-state index in [-0.39, 0.29) is 55.6 Å². The lowest BCUT2D eigenvalue weighted by Crippen LogP contribution is -2.52. The highest BCUT2D eigenvalue weighted by Crippen LogP contribution is 2.37. The van der Waals surface area contributed by atoms with Crippen LogP contribution in [0.4, 0.5) is 0 Å². The zero-order valence-corrected chi connectivity index (χ0v) is 31.6. The third kappa shape index (κ3) is 11.0. The number of nitrogens with zero attached hydrogens (tertiary/aromatic N) is 2. The number of carbonyl (C=O) groups excluding carboxylic acids is 4. The summed E-state index contributed by atoms with van der Waals surface area (Å²) in [4.78, 5) is 59.8. The van der Waals surface area contributed by atoms with Gasteiger partial charge in [0.2, 0.25) is 11.8 Å². The van der Waals surface area contributed by atoms with Crippen LogP contribution in [0.2, 0.25) is 0 Å². The lowest BCUT2D eigenvalue weighted by atomic mass is 10.0. The van der Waals surface area contributed by atoms with Crippen LogP contribution in [0.25, 0.3) is 0 Å². The number of halogens is 1. The van der Waals surface area contributed by atoms with Crippen LogP contribution in [0.15, 0.2) is 41.8 Å². The summed E-state index contributed by atoms with van der Waals surface area (Å²) in [6.45, 7) is 8.07. The second kappa shape index (κ2) is 19.3. The summed E-state index contributed by atoms with van der Waals surface area (Å²) in [5.74, 6) is 0.00134. The highest BCUT2D eigenvalue weighted by molar-refractivity contribution is 7.09. The van der Waals surface area contributed by atoms with E-state index in [9.17, 15) is 19.2 Å². The van der Waals surface area contributed by atoms with Gasteiger partial charge in [0.15, 0.2) is 11.5 Å². The van der Waals surface area contributed by atoms with Crippen LogP contribution in [0.5, 0.6) is 23.0 Å². The molecule has 278 valence electrons. The van der Waals surface area contributed by atoms with Crippen molar-refractivity contribution in [2.45, 2.75) is 65.6 Å². The number of carbonyl (C=O) groups is 4. The maximum Gasteiger partial charge on any atom is 0.273 e. The third-order valence-electron chi connectivity index (χ3n) is 8.21. The third-order valence-corrected chi connectivity index (χ3v) is 9.18. The van der Waals surface area contributed by atoms with Crippen molar-refractivity contribution in [1.82, 2.24) is 25.8 Å². The first kappa shape index (κ1) is 41.0. The average molecular weight is 745 g/mol. The lowest BCUT2D eigenvalue weighted by Gasteiger charge is -2.26. The Bertz CT molecular complexity index is 1670. The molecular formula is C36H49ClN6O7S. The minimum absolute atomic E-state index is 0. The second-order valence-electron chi connectivity index (χ2n) is 12.9. The molecule has 2 aromatic carbocycles. The maximum atomic E-state index is 13.7. The van der Waals surface area contributed by atoms with Crippen molar-refractivity contribution in [3.05, 3.63) is 63.6 Å². The first-order chi connectivity index (χ1) is 23.9. The molecule has 1 aromatic heterocycles. The molecule has 0 saturated heterocycles. The van der Waals surface area contributed by atoms with Crippen molar-refractivity contribution in [2.75, 3.05) is 33.9 Å². The molecule has 13 nitrogen and oxygen atoms in total. The van der Waals surface area contributed by atoms with Crippen molar-refractivity contribution in [3.63, 3.8) is 0 Å². The molecule has 0 saturated carbocycles. The number of fused-ring (bicyclic) bond motifs is 3. The summed E-state index contributed by atoms with van der Waals surface area (Å²) >= 11 is 1.32. The molecule has 4 rings (SSSR count). The van der Waals surface area contributed by atoms with E-state index in [0.717, 1.165) is 6.42 Å². The summed E-state index contributed by atoms with van der Waals surface area (Å²) in [5, 5.41) is 11.0. The molecule has 2 bridgehead atoms.